The summed E-state index contributed by atoms with van der Waals surface area (Å²) in [6.07, 6.45) is 0.508. The third-order valence-corrected chi connectivity index (χ3v) is 12.6. The van der Waals surface area contributed by atoms with E-state index in [-0.39, 0.29) is 0 Å². The van der Waals surface area contributed by atoms with E-state index >= 15 is 0 Å². The Morgan fingerprint density at radius 3 is 1.62 bits per heavy atom. The SMILES string of the molecule is c1ccc(-c2nc(Cc3ccc(-n4c5ccccc5c5c6sc7ccccc7c6ccc54)cc3-n3c4ccccc4c4ccccc43)nc(-c3ccccc3)n2)cc1. The molecule has 0 radical (unpaired) electrons. The molecule has 12 aromatic rings. The number of fused-ring (bicyclic) bond motifs is 10. The number of para-hydroxylation sites is 3. The molecule has 58 heavy (non-hydrogen) atoms. The molecule has 6 heteroatoms. The van der Waals surface area contributed by atoms with Crippen LogP contribution in [0.3, 0.4) is 0 Å². The fraction of sp³-hybridized carbons (Fsp3) is 0.0192. The monoisotopic (exact) mass is 759 g/mol. The Morgan fingerprint density at radius 2 is 0.966 bits per heavy atom. The van der Waals surface area contributed by atoms with Crippen LogP contribution < -0.4 is 0 Å². The normalized spacial score (nSPS) is 11.9. The first kappa shape index (κ1) is 32.8. The Kier molecular flexibility index (Phi) is 7.40. The first-order chi connectivity index (χ1) is 28.8. The Morgan fingerprint density at radius 1 is 0.414 bits per heavy atom. The van der Waals surface area contributed by atoms with E-state index < -0.39 is 0 Å². The van der Waals surface area contributed by atoms with Gasteiger partial charge in [-0.05, 0) is 48.0 Å². The molecule has 0 spiro atoms. The molecule has 0 saturated carbocycles. The molecule has 0 saturated heterocycles. The van der Waals surface area contributed by atoms with Crippen LogP contribution in [0, 0.1) is 0 Å². The van der Waals surface area contributed by atoms with Crippen LogP contribution in [0.4, 0.5) is 0 Å². The Bertz CT molecular complexity index is 3430. The first-order valence-corrected chi connectivity index (χ1v) is 20.4. The summed E-state index contributed by atoms with van der Waals surface area (Å²) in [5.74, 6) is 2.04. The van der Waals surface area contributed by atoms with Gasteiger partial charge < -0.3 is 9.13 Å². The second-order valence-corrected chi connectivity index (χ2v) is 15.8. The van der Waals surface area contributed by atoms with Gasteiger partial charge in [-0.2, -0.15) is 0 Å². The molecule has 8 aromatic carbocycles. The number of nitrogens with zero attached hydrogens (tertiary/aromatic N) is 5. The van der Waals surface area contributed by atoms with Crippen molar-refractivity contribution in [3.8, 4) is 34.2 Å². The lowest BCUT2D eigenvalue weighted by molar-refractivity contribution is 0.924. The molecule has 0 amide bonds. The molecule has 0 fully saturated rings. The van der Waals surface area contributed by atoms with Crippen LogP contribution in [0.1, 0.15) is 11.4 Å². The second kappa shape index (κ2) is 13.1. The summed E-state index contributed by atoms with van der Waals surface area (Å²) in [5.41, 5.74) is 9.90. The summed E-state index contributed by atoms with van der Waals surface area (Å²) in [6.45, 7) is 0. The molecule has 0 aliphatic heterocycles. The molecule has 0 unspecified atom stereocenters. The van der Waals surface area contributed by atoms with E-state index in [9.17, 15) is 0 Å². The van der Waals surface area contributed by atoms with Crippen molar-refractivity contribution in [1.29, 1.82) is 0 Å². The maximum absolute atomic E-state index is 5.14. The summed E-state index contributed by atoms with van der Waals surface area (Å²) in [5, 5.41) is 7.60. The van der Waals surface area contributed by atoms with Crippen LogP contribution in [-0.2, 0) is 6.42 Å². The Hall–Kier alpha value is -7.41. The van der Waals surface area contributed by atoms with Gasteiger partial charge in [0.15, 0.2) is 11.6 Å². The summed E-state index contributed by atoms with van der Waals surface area (Å²) in [6, 6.07) is 67.0. The molecule has 4 aromatic heterocycles. The fourth-order valence-corrected chi connectivity index (χ4v) is 10.1. The van der Waals surface area contributed by atoms with Crippen LogP contribution >= 0.6 is 11.3 Å². The van der Waals surface area contributed by atoms with Crippen molar-refractivity contribution in [2.45, 2.75) is 6.42 Å². The number of aromatic nitrogens is 5. The van der Waals surface area contributed by atoms with Gasteiger partial charge >= 0.3 is 0 Å². The van der Waals surface area contributed by atoms with Crippen molar-refractivity contribution in [2.24, 2.45) is 0 Å². The highest BCUT2D eigenvalue weighted by molar-refractivity contribution is 7.26. The van der Waals surface area contributed by atoms with Gasteiger partial charge in [0.25, 0.3) is 0 Å². The maximum atomic E-state index is 5.14. The van der Waals surface area contributed by atoms with Crippen molar-refractivity contribution in [2.75, 3.05) is 0 Å². The van der Waals surface area contributed by atoms with Gasteiger partial charge in [0.05, 0.1) is 27.8 Å². The van der Waals surface area contributed by atoms with Crippen LogP contribution in [0.25, 0.3) is 97.9 Å². The van der Waals surface area contributed by atoms with E-state index in [1.165, 1.54) is 52.8 Å². The van der Waals surface area contributed by atoms with Crippen molar-refractivity contribution < 1.29 is 0 Å². The Labute approximate surface area is 337 Å². The van der Waals surface area contributed by atoms with E-state index in [2.05, 4.69) is 161 Å². The number of thiophene rings is 1. The predicted octanol–water partition coefficient (Wildman–Crippen LogP) is 13.4. The van der Waals surface area contributed by atoms with E-state index in [1.54, 1.807) is 0 Å². The fourth-order valence-electron chi connectivity index (χ4n) is 8.85. The largest absolute Gasteiger partial charge is 0.309 e. The second-order valence-electron chi connectivity index (χ2n) is 14.8. The van der Waals surface area contributed by atoms with Crippen LogP contribution in [0.5, 0.6) is 0 Å². The highest BCUT2D eigenvalue weighted by Crippen LogP contribution is 2.44. The van der Waals surface area contributed by atoms with Crippen molar-refractivity contribution >= 4 is 75.1 Å². The zero-order chi connectivity index (χ0) is 38.2. The molecular formula is C52H33N5S. The summed E-state index contributed by atoms with van der Waals surface area (Å²) in [4.78, 5) is 15.3. The van der Waals surface area contributed by atoms with Crippen LogP contribution in [0.15, 0.2) is 188 Å². The smallest absolute Gasteiger partial charge is 0.163 e. The number of hydrogen-bond donors (Lipinski definition) is 0. The van der Waals surface area contributed by atoms with Gasteiger partial charge in [-0.15, -0.1) is 11.3 Å². The number of rotatable bonds is 6. The molecule has 0 bridgehead atoms. The van der Waals surface area contributed by atoms with E-state index in [4.69, 9.17) is 15.0 Å². The third-order valence-electron chi connectivity index (χ3n) is 11.4. The first-order valence-electron chi connectivity index (χ1n) is 19.6. The number of benzene rings is 8. The van der Waals surface area contributed by atoms with Crippen molar-refractivity contribution in [3.05, 3.63) is 199 Å². The molecule has 0 atom stereocenters. The van der Waals surface area contributed by atoms with Crippen LogP contribution in [-0.4, -0.2) is 24.1 Å². The highest BCUT2D eigenvalue weighted by atomic mass is 32.1. The average molecular weight is 760 g/mol. The number of hydrogen-bond acceptors (Lipinski definition) is 4. The van der Waals surface area contributed by atoms with Crippen molar-refractivity contribution in [3.63, 3.8) is 0 Å². The van der Waals surface area contributed by atoms with Gasteiger partial charge in [-0.1, -0.05) is 146 Å². The van der Waals surface area contributed by atoms with Crippen molar-refractivity contribution in [1.82, 2.24) is 24.1 Å². The maximum Gasteiger partial charge on any atom is 0.163 e. The van der Waals surface area contributed by atoms with Gasteiger partial charge in [0.1, 0.15) is 5.82 Å². The molecule has 0 aliphatic carbocycles. The molecule has 0 N–H and O–H groups in total. The zero-order valence-corrected chi connectivity index (χ0v) is 32.1. The minimum absolute atomic E-state index is 0.508. The molecular weight excluding hydrogens is 727 g/mol. The zero-order valence-electron chi connectivity index (χ0n) is 31.2. The standard InChI is InChI=1S/C52H33N5S/c1-3-15-33(16-4-1)51-53-48(54-52(55-51)34-17-5-2-6-18-34)31-35-27-28-36(32-46(35)57-42-23-11-7-19-37(42)38-20-8-12-24-43(38)57)56-44-25-13-9-22-41(44)49-45(56)30-29-40-39-21-10-14-26-47(39)58-50(40)49/h1-30,32H,31H2. The van der Waals surface area contributed by atoms with Gasteiger partial charge in [0.2, 0.25) is 0 Å². The summed E-state index contributed by atoms with van der Waals surface area (Å²) >= 11 is 1.88. The Balaban J connectivity index is 1.12. The van der Waals surface area contributed by atoms with E-state index in [1.807, 2.05) is 47.7 Å². The quantitative estimate of drug-likeness (QED) is 0.170. The minimum Gasteiger partial charge on any atom is -0.309 e. The lowest BCUT2D eigenvalue weighted by Gasteiger charge is -2.17. The van der Waals surface area contributed by atoms with E-state index in [0.717, 1.165) is 39.1 Å². The van der Waals surface area contributed by atoms with Gasteiger partial charge in [-0.25, -0.2) is 15.0 Å². The summed E-state index contributed by atoms with van der Waals surface area (Å²) < 4.78 is 7.51. The van der Waals surface area contributed by atoms with Gasteiger partial charge in [-0.3, -0.25) is 0 Å². The molecule has 5 nitrogen and oxygen atoms in total. The lowest BCUT2D eigenvalue weighted by Crippen LogP contribution is -2.07. The molecule has 12 rings (SSSR count). The van der Waals surface area contributed by atoms with Gasteiger partial charge in [0, 0.05) is 65.0 Å². The van der Waals surface area contributed by atoms with Crippen LogP contribution in [0.2, 0.25) is 0 Å². The molecule has 4 heterocycles. The lowest BCUT2D eigenvalue weighted by atomic mass is 10.1. The minimum atomic E-state index is 0.508. The average Bonchev–Trinajstić information content (AvgIpc) is 3.95. The third kappa shape index (κ3) is 5.12. The molecule has 272 valence electrons. The van der Waals surface area contributed by atoms with E-state index in [0.29, 0.717) is 23.9 Å². The summed E-state index contributed by atoms with van der Waals surface area (Å²) in [7, 11) is 0. The highest BCUT2D eigenvalue weighted by Gasteiger charge is 2.21. The predicted molar refractivity (Wildman–Crippen MR) is 242 cm³/mol. The topological polar surface area (TPSA) is 48.5 Å². The molecule has 0 aliphatic rings.